The molecule has 2 heterocycles. The molecule has 1 aromatic rings. The van der Waals surface area contributed by atoms with Gasteiger partial charge in [-0.05, 0) is 18.8 Å². The van der Waals surface area contributed by atoms with Crippen LogP contribution in [0.5, 0.6) is 6.01 Å². The van der Waals surface area contributed by atoms with E-state index in [2.05, 4.69) is 25.3 Å². The summed E-state index contributed by atoms with van der Waals surface area (Å²) in [6.45, 7) is 1.63. The number of nitrogens with zero attached hydrogens (tertiary/aromatic N) is 4. The van der Waals surface area contributed by atoms with Gasteiger partial charge in [0, 0.05) is 19.0 Å². The standard InChI is InChI=1S/C11H18N6O2/c1-19-11-14-9(16-12)13-10(15-11)17-4-6-2-3-8(18)7(6)5-17/h6-8,18H,2-5,12H2,1H3,(H,13,14,15,16). The Labute approximate surface area is 111 Å². The first-order valence-corrected chi connectivity index (χ1v) is 6.41. The molecule has 1 aromatic heterocycles. The second-order valence-corrected chi connectivity index (χ2v) is 5.06. The van der Waals surface area contributed by atoms with Gasteiger partial charge in [0.15, 0.2) is 0 Å². The SMILES string of the molecule is COc1nc(NN)nc(N2CC3CCC(O)C3C2)n1. The first-order chi connectivity index (χ1) is 9.21. The van der Waals surface area contributed by atoms with E-state index >= 15 is 0 Å². The molecule has 0 bridgehead atoms. The molecular formula is C11H18N6O2. The summed E-state index contributed by atoms with van der Waals surface area (Å²) in [4.78, 5) is 14.5. The van der Waals surface area contributed by atoms with Crippen molar-refractivity contribution in [3.63, 3.8) is 0 Å². The van der Waals surface area contributed by atoms with Crippen molar-refractivity contribution in [1.82, 2.24) is 15.0 Å². The molecule has 3 unspecified atom stereocenters. The van der Waals surface area contributed by atoms with E-state index in [0.29, 0.717) is 17.8 Å². The van der Waals surface area contributed by atoms with Crippen molar-refractivity contribution in [1.29, 1.82) is 0 Å². The Bertz CT molecular complexity index is 448. The van der Waals surface area contributed by atoms with Crippen LogP contribution >= 0.6 is 0 Å². The van der Waals surface area contributed by atoms with Crippen LogP contribution in [-0.4, -0.2) is 46.4 Å². The Morgan fingerprint density at radius 2 is 2.16 bits per heavy atom. The summed E-state index contributed by atoms with van der Waals surface area (Å²) in [6.07, 6.45) is 1.76. The van der Waals surface area contributed by atoms with Crippen LogP contribution in [0.4, 0.5) is 11.9 Å². The summed E-state index contributed by atoms with van der Waals surface area (Å²) in [6, 6.07) is 0.232. The molecule has 3 rings (SSSR count). The van der Waals surface area contributed by atoms with E-state index in [0.717, 1.165) is 25.9 Å². The van der Waals surface area contributed by atoms with Gasteiger partial charge in [0.25, 0.3) is 0 Å². The number of aliphatic hydroxyl groups excluding tert-OH is 1. The third kappa shape index (κ3) is 2.17. The molecule has 0 amide bonds. The molecule has 8 nitrogen and oxygen atoms in total. The van der Waals surface area contributed by atoms with Gasteiger partial charge in [0.1, 0.15) is 0 Å². The van der Waals surface area contributed by atoms with E-state index < -0.39 is 0 Å². The highest BCUT2D eigenvalue weighted by Crippen LogP contribution is 2.39. The fraction of sp³-hybridized carbons (Fsp3) is 0.727. The predicted molar refractivity (Wildman–Crippen MR) is 68.6 cm³/mol. The average molecular weight is 266 g/mol. The number of fused-ring (bicyclic) bond motifs is 1. The number of hydrazine groups is 1. The van der Waals surface area contributed by atoms with Gasteiger partial charge in [0.05, 0.1) is 13.2 Å². The Morgan fingerprint density at radius 3 is 2.84 bits per heavy atom. The van der Waals surface area contributed by atoms with E-state index in [4.69, 9.17) is 10.6 Å². The quantitative estimate of drug-likeness (QED) is 0.490. The highest BCUT2D eigenvalue weighted by atomic mass is 16.5. The van der Waals surface area contributed by atoms with Crippen molar-refractivity contribution in [3.05, 3.63) is 0 Å². The Balaban J connectivity index is 1.83. The first-order valence-electron chi connectivity index (χ1n) is 6.41. The molecule has 0 radical (unpaired) electrons. The number of hydrogen-bond donors (Lipinski definition) is 3. The minimum Gasteiger partial charge on any atom is -0.467 e. The van der Waals surface area contributed by atoms with Crippen LogP contribution in [0.25, 0.3) is 0 Å². The lowest BCUT2D eigenvalue weighted by Crippen LogP contribution is -2.27. The first kappa shape index (κ1) is 12.4. The van der Waals surface area contributed by atoms with Crippen LogP contribution in [-0.2, 0) is 0 Å². The van der Waals surface area contributed by atoms with E-state index in [1.165, 1.54) is 7.11 Å². The highest BCUT2D eigenvalue weighted by molar-refractivity contribution is 5.39. The smallest absolute Gasteiger partial charge is 0.322 e. The number of hydrogen-bond acceptors (Lipinski definition) is 8. The number of nitrogens with two attached hydrogens (primary N) is 1. The molecular weight excluding hydrogens is 248 g/mol. The molecule has 2 fully saturated rings. The molecule has 0 aromatic carbocycles. The fourth-order valence-electron chi connectivity index (χ4n) is 3.04. The lowest BCUT2D eigenvalue weighted by atomic mass is 10.00. The monoisotopic (exact) mass is 266 g/mol. The number of aromatic nitrogens is 3. The molecule has 1 saturated heterocycles. The largest absolute Gasteiger partial charge is 0.467 e. The normalized spacial score (nSPS) is 29.4. The molecule has 4 N–H and O–H groups in total. The van der Waals surface area contributed by atoms with Crippen LogP contribution in [0, 0.1) is 11.8 Å². The zero-order valence-corrected chi connectivity index (χ0v) is 10.8. The highest BCUT2D eigenvalue weighted by Gasteiger charge is 2.42. The summed E-state index contributed by atoms with van der Waals surface area (Å²) in [7, 11) is 1.50. The van der Waals surface area contributed by atoms with Gasteiger partial charge >= 0.3 is 6.01 Å². The van der Waals surface area contributed by atoms with Crippen LogP contribution in [0.2, 0.25) is 0 Å². The summed E-state index contributed by atoms with van der Waals surface area (Å²) in [5, 5.41) is 9.93. The summed E-state index contributed by atoms with van der Waals surface area (Å²) >= 11 is 0. The Kier molecular flexibility index (Phi) is 3.11. The molecule has 1 saturated carbocycles. The molecule has 104 valence electrons. The van der Waals surface area contributed by atoms with Gasteiger partial charge in [-0.1, -0.05) is 0 Å². The fourth-order valence-corrected chi connectivity index (χ4v) is 3.04. The third-order valence-electron chi connectivity index (χ3n) is 4.02. The van der Waals surface area contributed by atoms with Gasteiger partial charge in [-0.25, -0.2) is 5.84 Å². The van der Waals surface area contributed by atoms with E-state index in [9.17, 15) is 5.11 Å². The van der Waals surface area contributed by atoms with Crippen molar-refractivity contribution in [2.45, 2.75) is 18.9 Å². The zero-order valence-electron chi connectivity index (χ0n) is 10.8. The zero-order chi connectivity index (χ0) is 13.4. The molecule has 1 aliphatic heterocycles. The second kappa shape index (κ2) is 4.78. The van der Waals surface area contributed by atoms with Crippen LogP contribution in [0.3, 0.4) is 0 Å². The molecule has 3 atom stereocenters. The van der Waals surface area contributed by atoms with Crippen molar-refractivity contribution in [3.8, 4) is 6.01 Å². The summed E-state index contributed by atoms with van der Waals surface area (Å²) < 4.78 is 5.04. The van der Waals surface area contributed by atoms with E-state index in [1.54, 1.807) is 0 Å². The van der Waals surface area contributed by atoms with Gasteiger partial charge in [-0.3, -0.25) is 5.43 Å². The van der Waals surface area contributed by atoms with E-state index in [-0.39, 0.29) is 18.1 Å². The maximum Gasteiger partial charge on any atom is 0.322 e. The van der Waals surface area contributed by atoms with Gasteiger partial charge in [-0.2, -0.15) is 15.0 Å². The van der Waals surface area contributed by atoms with Gasteiger partial charge in [0.2, 0.25) is 11.9 Å². The average Bonchev–Trinajstić information content (AvgIpc) is 3.01. The Hall–Kier alpha value is -1.67. The number of aliphatic hydroxyl groups is 1. The molecule has 2 aliphatic rings. The Morgan fingerprint density at radius 1 is 1.32 bits per heavy atom. The van der Waals surface area contributed by atoms with Crippen molar-refractivity contribution in [2.24, 2.45) is 17.7 Å². The van der Waals surface area contributed by atoms with Crippen molar-refractivity contribution >= 4 is 11.9 Å². The minimum absolute atomic E-state index is 0.203. The number of nitrogen functional groups attached to an aromatic ring is 1. The van der Waals surface area contributed by atoms with E-state index in [1.807, 2.05) is 0 Å². The summed E-state index contributed by atoms with van der Waals surface area (Å²) in [5.41, 5.74) is 2.41. The van der Waals surface area contributed by atoms with Gasteiger partial charge < -0.3 is 14.7 Å². The maximum atomic E-state index is 9.93. The maximum absolute atomic E-state index is 9.93. The molecule has 8 heteroatoms. The molecule has 0 spiro atoms. The number of nitrogens with one attached hydrogen (secondary N) is 1. The lowest BCUT2D eigenvalue weighted by molar-refractivity contribution is 0.133. The molecule has 19 heavy (non-hydrogen) atoms. The predicted octanol–water partition coefficient (Wildman–Crippen LogP) is -0.627. The number of anilines is 2. The number of ether oxygens (including phenoxy) is 1. The lowest BCUT2D eigenvalue weighted by Gasteiger charge is -2.18. The third-order valence-corrected chi connectivity index (χ3v) is 4.02. The van der Waals surface area contributed by atoms with Crippen LogP contribution in [0.15, 0.2) is 0 Å². The summed E-state index contributed by atoms with van der Waals surface area (Å²) in [5.74, 6) is 7.00. The molecule has 1 aliphatic carbocycles. The number of rotatable bonds is 3. The minimum atomic E-state index is -0.203. The van der Waals surface area contributed by atoms with Crippen LogP contribution < -0.4 is 20.9 Å². The van der Waals surface area contributed by atoms with Crippen molar-refractivity contribution < 1.29 is 9.84 Å². The second-order valence-electron chi connectivity index (χ2n) is 5.06. The topological polar surface area (TPSA) is 109 Å². The number of methoxy groups -OCH3 is 1. The van der Waals surface area contributed by atoms with Gasteiger partial charge in [-0.15, -0.1) is 0 Å². The van der Waals surface area contributed by atoms with Crippen LogP contribution in [0.1, 0.15) is 12.8 Å². The van der Waals surface area contributed by atoms with Crippen molar-refractivity contribution in [2.75, 3.05) is 30.5 Å².